The van der Waals surface area contributed by atoms with Crippen LogP contribution in [0.4, 0.5) is 4.79 Å². The van der Waals surface area contributed by atoms with Crippen molar-refractivity contribution in [2.45, 2.75) is 16.7 Å². The molecule has 0 aliphatic heterocycles. The maximum Gasteiger partial charge on any atom is 0.513 e. The highest BCUT2D eigenvalue weighted by Crippen LogP contribution is 2.16. The number of hydrogen-bond donors (Lipinski definition) is 0. The summed E-state index contributed by atoms with van der Waals surface area (Å²) in [5, 5.41) is 0. The molecule has 0 bridgehead atoms. The van der Waals surface area contributed by atoms with Gasteiger partial charge in [0, 0.05) is 10.9 Å². The highest BCUT2D eigenvalue weighted by molar-refractivity contribution is 7.95. The van der Waals surface area contributed by atoms with Crippen LogP contribution >= 0.6 is 0 Å². The predicted molar refractivity (Wildman–Crippen MR) is 96.1 cm³/mol. The SMILES string of the molecule is COC(=O)Oc1ccc([S+](C)C)cc1.Cc1ccc(S(=O)(=O)[O-])cc1. The third-order valence-electron chi connectivity index (χ3n) is 2.97. The van der Waals surface area contributed by atoms with Crippen LogP contribution in [-0.4, -0.2) is 38.7 Å². The topological polar surface area (TPSA) is 92.7 Å². The molecule has 0 radical (unpaired) electrons. The van der Waals surface area contributed by atoms with Crippen molar-refractivity contribution in [2.75, 3.05) is 19.6 Å². The lowest BCUT2D eigenvalue weighted by Crippen LogP contribution is -2.07. The second kappa shape index (κ2) is 9.45. The molecule has 0 heterocycles. The first-order valence-corrected chi connectivity index (χ1v) is 10.5. The van der Waals surface area contributed by atoms with Crippen molar-refractivity contribution >= 4 is 27.2 Å². The minimum atomic E-state index is -4.27. The van der Waals surface area contributed by atoms with Gasteiger partial charge in [0.05, 0.1) is 12.0 Å². The Morgan fingerprint density at radius 1 is 1.00 bits per heavy atom. The summed E-state index contributed by atoms with van der Waals surface area (Å²) in [7, 11) is -2.76. The number of carbonyl (C=O) groups is 1. The molecule has 0 aromatic heterocycles. The Labute approximate surface area is 150 Å². The lowest BCUT2D eigenvalue weighted by atomic mass is 10.2. The number of rotatable bonds is 3. The van der Waals surface area contributed by atoms with Gasteiger partial charge in [0.1, 0.15) is 28.4 Å². The fourth-order valence-corrected chi connectivity index (χ4v) is 2.77. The van der Waals surface area contributed by atoms with Crippen LogP contribution in [-0.2, 0) is 25.7 Å². The molecule has 8 heteroatoms. The highest BCUT2D eigenvalue weighted by Gasteiger charge is 2.09. The fourth-order valence-electron chi connectivity index (χ4n) is 1.62. The van der Waals surface area contributed by atoms with Gasteiger partial charge in [0.25, 0.3) is 0 Å². The van der Waals surface area contributed by atoms with E-state index in [1.807, 2.05) is 19.1 Å². The van der Waals surface area contributed by atoms with E-state index < -0.39 is 16.3 Å². The van der Waals surface area contributed by atoms with Crippen molar-refractivity contribution in [3.63, 3.8) is 0 Å². The number of benzene rings is 2. The molecule has 0 aliphatic rings. The van der Waals surface area contributed by atoms with Crippen molar-refractivity contribution in [3.05, 3.63) is 54.1 Å². The zero-order valence-corrected chi connectivity index (χ0v) is 16.0. The van der Waals surface area contributed by atoms with E-state index in [9.17, 15) is 17.8 Å². The van der Waals surface area contributed by atoms with Crippen LogP contribution in [0.5, 0.6) is 5.75 Å². The van der Waals surface area contributed by atoms with Gasteiger partial charge in [0.2, 0.25) is 0 Å². The number of aryl methyl sites for hydroxylation is 1. The minimum Gasteiger partial charge on any atom is -0.744 e. The summed E-state index contributed by atoms with van der Waals surface area (Å²) in [6, 6.07) is 13.2. The van der Waals surface area contributed by atoms with Crippen LogP contribution in [0.2, 0.25) is 0 Å². The lowest BCUT2D eigenvalue weighted by Gasteiger charge is -2.05. The standard InChI is InChI=1S/C10H13O3S.C7H8O3S/c1-12-10(11)13-8-4-6-9(7-5-8)14(2)3;1-6-2-4-7(5-3-6)11(8,9)10/h4-7H,1-3H3;2-5H,1H3,(H,8,9,10)/q+1;/p-1. The van der Waals surface area contributed by atoms with E-state index in [1.54, 1.807) is 24.3 Å². The molecule has 2 aromatic carbocycles. The smallest absolute Gasteiger partial charge is 0.513 e. The third-order valence-corrected chi connectivity index (χ3v) is 5.04. The molecule has 0 fully saturated rings. The van der Waals surface area contributed by atoms with Crippen LogP contribution in [0.1, 0.15) is 5.56 Å². The van der Waals surface area contributed by atoms with Gasteiger partial charge in [0.15, 0.2) is 4.90 Å². The molecule has 0 atom stereocenters. The number of methoxy groups -OCH3 is 1. The zero-order chi connectivity index (χ0) is 19.0. The second-order valence-corrected chi connectivity index (χ2v) is 8.60. The first kappa shape index (κ1) is 21.0. The Hall–Kier alpha value is -2.03. The quantitative estimate of drug-likeness (QED) is 0.350. The van der Waals surface area contributed by atoms with Gasteiger partial charge in [-0.2, -0.15) is 0 Å². The van der Waals surface area contributed by atoms with E-state index in [2.05, 4.69) is 17.2 Å². The Bertz CT molecular complexity index is 781. The molecular weight excluding hydrogens is 364 g/mol. The maximum atomic E-state index is 10.8. The van der Waals surface area contributed by atoms with Gasteiger partial charge < -0.3 is 14.0 Å². The molecule has 2 aromatic rings. The van der Waals surface area contributed by atoms with Crippen molar-refractivity contribution in [3.8, 4) is 5.75 Å². The van der Waals surface area contributed by atoms with Crippen molar-refractivity contribution in [2.24, 2.45) is 0 Å². The van der Waals surface area contributed by atoms with E-state index in [0.717, 1.165) is 5.56 Å². The Morgan fingerprint density at radius 3 is 1.92 bits per heavy atom. The monoisotopic (exact) mass is 384 g/mol. The molecule has 25 heavy (non-hydrogen) atoms. The molecule has 0 amide bonds. The summed E-state index contributed by atoms with van der Waals surface area (Å²) >= 11 is 0. The summed E-state index contributed by atoms with van der Waals surface area (Å²) in [5.74, 6) is 0.506. The molecular formula is C17H20O6S2. The predicted octanol–water partition coefficient (Wildman–Crippen LogP) is 2.97. The van der Waals surface area contributed by atoms with E-state index in [-0.39, 0.29) is 15.8 Å². The maximum absolute atomic E-state index is 10.8. The summed E-state index contributed by atoms with van der Waals surface area (Å²) in [5.41, 5.74) is 0.928. The molecule has 0 saturated heterocycles. The summed E-state index contributed by atoms with van der Waals surface area (Å²) < 4.78 is 40.4. The Balaban J connectivity index is 0.000000257. The number of carbonyl (C=O) groups excluding carboxylic acids is 1. The van der Waals surface area contributed by atoms with Crippen LogP contribution in [0.25, 0.3) is 0 Å². The van der Waals surface area contributed by atoms with E-state index in [0.29, 0.717) is 5.75 Å². The average molecular weight is 384 g/mol. The average Bonchev–Trinajstić information content (AvgIpc) is 2.55. The minimum absolute atomic E-state index is 0.178. The van der Waals surface area contributed by atoms with Crippen molar-refractivity contribution < 1.29 is 27.2 Å². The fraction of sp³-hybridized carbons (Fsp3) is 0.235. The Kier molecular flexibility index (Phi) is 7.95. The molecule has 2 rings (SSSR count). The third kappa shape index (κ3) is 7.59. The normalized spacial score (nSPS) is 10.6. The number of ether oxygens (including phenoxy) is 2. The van der Waals surface area contributed by atoms with Crippen molar-refractivity contribution in [1.82, 2.24) is 0 Å². The van der Waals surface area contributed by atoms with Crippen LogP contribution in [0.15, 0.2) is 58.3 Å². The molecule has 0 N–H and O–H groups in total. The molecule has 6 nitrogen and oxygen atoms in total. The summed E-state index contributed by atoms with van der Waals surface area (Å²) in [4.78, 5) is 11.8. The second-order valence-electron chi connectivity index (χ2n) is 5.11. The Morgan fingerprint density at radius 2 is 1.52 bits per heavy atom. The van der Waals surface area contributed by atoms with Crippen LogP contribution in [0, 0.1) is 6.92 Å². The summed E-state index contributed by atoms with van der Waals surface area (Å²) in [6.45, 7) is 1.82. The summed E-state index contributed by atoms with van der Waals surface area (Å²) in [6.07, 6.45) is 3.58. The van der Waals surface area contributed by atoms with Gasteiger partial charge in [-0.3, -0.25) is 0 Å². The molecule has 0 spiro atoms. The molecule has 0 unspecified atom stereocenters. The molecule has 136 valence electrons. The van der Waals surface area contributed by atoms with Gasteiger partial charge in [-0.05, 0) is 43.3 Å². The van der Waals surface area contributed by atoms with Crippen molar-refractivity contribution in [1.29, 1.82) is 0 Å². The molecule has 0 saturated carbocycles. The van der Waals surface area contributed by atoms with Gasteiger partial charge >= 0.3 is 6.16 Å². The van der Waals surface area contributed by atoms with E-state index in [1.165, 1.54) is 24.1 Å². The van der Waals surface area contributed by atoms with Crippen LogP contribution in [0.3, 0.4) is 0 Å². The number of hydrogen-bond acceptors (Lipinski definition) is 6. The van der Waals surface area contributed by atoms with Crippen LogP contribution < -0.4 is 4.74 Å². The largest absolute Gasteiger partial charge is 0.744 e. The van der Waals surface area contributed by atoms with E-state index in [4.69, 9.17) is 4.74 Å². The highest BCUT2D eigenvalue weighted by atomic mass is 32.2. The lowest BCUT2D eigenvalue weighted by molar-refractivity contribution is 0.121. The molecule has 0 aliphatic carbocycles. The first-order chi connectivity index (χ1) is 11.6. The zero-order valence-electron chi connectivity index (χ0n) is 14.4. The van der Waals surface area contributed by atoms with E-state index >= 15 is 0 Å². The van der Waals surface area contributed by atoms with Gasteiger partial charge in [-0.1, -0.05) is 17.7 Å². The first-order valence-electron chi connectivity index (χ1n) is 7.09. The van der Waals surface area contributed by atoms with Gasteiger partial charge in [-0.25, -0.2) is 13.2 Å². The van der Waals surface area contributed by atoms with Gasteiger partial charge in [-0.15, -0.1) is 0 Å².